The van der Waals surface area contributed by atoms with Gasteiger partial charge in [0.15, 0.2) is 0 Å². The van der Waals surface area contributed by atoms with Crippen molar-refractivity contribution in [2.24, 2.45) is 5.73 Å². The molecule has 2 aliphatic rings. The first-order valence-electron chi connectivity index (χ1n) is 14.2. The molecule has 1 aliphatic heterocycles. The highest BCUT2D eigenvalue weighted by atomic mass is 19.4. The Morgan fingerprint density at radius 1 is 1.24 bits per heavy atom. The summed E-state index contributed by atoms with van der Waals surface area (Å²) < 4.78 is 85.4. The Labute approximate surface area is 258 Å². The van der Waals surface area contributed by atoms with E-state index in [0.29, 0.717) is 6.29 Å². The molecule has 0 radical (unpaired) electrons. The third-order valence-electron chi connectivity index (χ3n) is 8.58. The lowest BCUT2D eigenvalue weighted by Gasteiger charge is -2.32. The summed E-state index contributed by atoms with van der Waals surface area (Å²) in [5.41, 5.74) is -0.0408. The molecule has 242 valence electrons. The van der Waals surface area contributed by atoms with Crippen molar-refractivity contribution >= 4 is 23.1 Å². The first kappa shape index (κ1) is 31.4. The molecule has 3 atom stereocenters. The Bertz CT molecular complexity index is 1860. The van der Waals surface area contributed by atoms with E-state index in [-0.39, 0.29) is 57.4 Å². The highest BCUT2D eigenvalue weighted by Crippen LogP contribution is 2.48. The molecule has 46 heavy (non-hydrogen) atoms. The van der Waals surface area contributed by atoms with Crippen LogP contribution in [0.4, 0.5) is 22.0 Å². The van der Waals surface area contributed by atoms with Gasteiger partial charge in [-0.25, -0.2) is 14.1 Å². The summed E-state index contributed by atoms with van der Waals surface area (Å²) in [7, 11) is 1.28. The fraction of sp³-hybridized carbons (Fsp3) is 0.355. The summed E-state index contributed by atoms with van der Waals surface area (Å²) in [4.78, 5) is 29.0. The van der Waals surface area contributed by atoms with Gasteiger partial charge < -0.3 is 30.4 Å². The molecule has 0 bridgehead atoms. The summed E-state index contributed by atoms with van der Waals surface area (Å²) in [6.07, 6.45) is -3.52. The van der Waals surface area contributed by atoms with E-state index in [2.05, 4.69) is 15.4 Å². The third-order valence-corrected chi connectivity index (χ3v) is 8.58. The van der Waals surface area contributed by atoms with Crippen LogP contribution >= 0.6 is 0 Å². The van der Waals surface area contributed by atoms with Gasteiger partial charge in [0.2, 0.25) is 11.5 Å². The van der Waals surface area contributed by atoms with E-state index in [1.165, 1.54) is 36.9 Å². The predicted octanol–water partition coefficient (Wildman–Crippen LogP) is 4.08. The van der Waals surface area contributed by atoms with Crippen LogP contribution in [-0.2, 0) is 15.8 Å². The quantitative estimate of drug-likeness (QED) is 0.183. The molecule has 1 fully saturated rings. The van der Waals surface area contributed by atoms with Crippen LogP contribution in [0.25, 0.3) is 22.2 Å². The number of aldehydes is 1. The molecule has 4 aromatic rings. The first-order chi connectivity index (χ1) is 21.7. The number of benzene rings is 2. The van der Waals surface area contributed by atoms with Crippen LogP contribution in [-0.4, -0.2) is 64.5 Å². The fourth-order valence-corrected chi connectivity index (χ4v) is 5.48. The van der Waals surface area contributed by atoms with E-state index < -0.39 is 53.1 Å². The number of pyridine rings is 1. The maximum absolute atomic E-state index is 15.1. The number of aliphatic hydroxyl groups is 1. The molecular weight excluding hydrogens is 617 g/mol. The fourth-order valence-electron chi connectivity index (χ4n) is 5.48. The first-order valence-corrected chi connectivity index (χ1v) is 14.2. The number of nitrogens with zero attached hydrogens (tertiary/aromatic N) is 3. The molecule has 1 saturated carbocycles. The number of amides is 1. The lowest BCUT2D eigenvalue weighted by atomic mass is 9.77. The number of aromatic nitrogens is 3. The van der Waals surface area contributed by atoms with E-state index in [0.717, 1.165) is 37.1 Å². The second kappa shape index (κ2) is 11.0. The van der Waals surface area contributed by atoms with Crippen LogP contribution in [0.2, 0.25) is 0 Å². The molecule has 0 saturated heterocycles. The van der Waals surface area contributed by atoms with E-state index in [9.17, 15) is 32.3 Å². The average molecular weight is 646 g/mol. The zero-order valence-electron chi connectivity index (χ0n) is 24.5. The Morgan fingerprint density at radius 3 is 2.54 bits per heavy atom. The van der Waals surface area contributed by atoms with Crippen LogP contribution < -0.4 is 20.5 Å². The molecular formula is C31H28F5N5O5. The number of ether oxygens (including phenoxy) is 2. The van der Waals surface area contributed by atoms with Crippen molar-refractivity contribution in [3.05, 3.63) is 71.1 Å². The number of alkyl halides is 3. The maximum Gasteiger partial charge on any atom is 0.424 e. The summed E-state index contributed by atoms with van der Waals surface area (Å²) in [5, 5.41) is 17.6. The molecule has 3 heterocycles. The topological polar surface area (TPSA) is 142 Å². The van der Waals surface area contributed by atoms with Crippen LogP contribution in [0.5, 0.6) is 11.5 Å². The number of hydrogen-bond donors (Lipinski definition) is 3. The number of hydrogen-bond acceptors (Lipinski definition) is 8. The van der Waals surface area contributed by atoms with Gasteiger partial charge >= 0.3 is 6.18 Å². The van der Waals surface area contributed by atoms with Gasteiger partial charge in [-0.15, -0.1) is 0 Å². The minimum atomic E-state index is -5.40. The number of carbonyl (C=O) groups excluding carboxylic acids is 2. The summed E-state index contributed by atoms with van der Waals surface area (Å²) in [5.74, 6) is -2.36. The van der Waals surface area contributed by atoms with Gasteiger partial charge in [0.1, 0.15) is 34.8 Å². The van der Waals surface area contributed by atoms with E-state index in [1.54, 1.807) is 0 Å². The summed E-state index contributed by atoms with van der Waals surface area (Å²) in [6, 6.07) is 6.62. The monoisotopic (exact) mass is 645 g/mol. The minimum Gasteiger partial charge on any atom is -0.494 e. The molecule has 10 nitrogen and oxygen atoms in total. The smallest absolute Gasteiger partial charge is 0.424 e. The van der Waals surface area contributed by atoms with E-state index >= 15 is 4.39 Å². The Hall–Kier alpha value is -4.63. The standard InChI is InChI=1S/C31H28F5N5O5/c1-29(22(37)12-42)14-46-26-20(29)11-23(39-24(26)15-3-5-17(32)6-4-15)30(44,31(34,35)36)13-38-28(43)16-9-19-25(21(10-16)45-2)40-41(27(19)33)18-7-8-18/h3-6,9-12,18,22,44H,7-8,13-14,37H2,1-2H3,(H,38,43)/t22?,29-,30-/m0/s1. The normalized spacial score (nSPS) is 19.7. The summed E-state index contributed by atoms with van der Waals surface area (Å²) in [6.45, 7) is -0.0923. The Balaban J connectivity index is 1.41. The van der Waals surface area contributed by atoms with Gasteiger partial charge in [0.25, 0.3) is 5.91 Å². The molecule has 1 amide bonds. The number of carbonyl (C=O) groups is 2. The lowest BCUT2D eigenvalue weighted by molar-refractivity contribution is -0.265. The van der Waals surface area contributed by atoms with Crippen molar-refractivity contribution in [3.8, 4) is 22.8 Å². The SMILES string of the molecule is COc1cc(C(=O)NC[C@](O)(c2cc3c(c(-c4ccc(F)cc4)n2)OC[C@]3(C)C(N)C=O)C(F)(F)F)cc2c(F)n(C3CC3)nc12. The van der Waals surface area contributed by atoms with E-state index in [4.69, 9.17) is 15.2 Å². The molecule has 4 N–H and O–H groups in total. The van der Waals surface area contributed by atoms with Gasteiger partial charge in [-0.2, -0.15) is 22.7 Å². The van der Waals surface area contributed by atoms with Gasteiger partial charge in [-0.3, -0.25) is 4.79 Å². The van der Waals surface area contributed by atoms with Crippen molar-refractivity contribution in [1.82, 2.24) is 20.1 Å². The number of nitrogens with one attached hydrogen (secondary N) is 1. The largest absolute Gasteiger partial charge is 0.494 e. The minimum absolute atomic E-state index is 0.0119. The molecule has 6 rings (SSSR count). The number of fused-ring (bicyclic) bond motifs is 2. The zero-order valence-corrected chi connectivity index (χ0v) is 24.5. The highest BCUT2D eigenvalue weighted by Gasteiger charge is 2.57. The lowest BCUT2D eigenvalue weighted by Crippen LogP contribution is -2.52. The number of methoxy groups -OCH3 is 1. The van der Waals surface area contributed by atoms with Gasteiger partial charge in [-0.05, 0) is 55.3 Å². The van der Waals surface area contributed by atoms with Crippen molar-refractivity contribution in [2.75, 3.05) is 20.3 Å². The predicted molar refractivity (Wildman–Crippen MR) is 153 cm³/mol. The molecule has 1 aliphatic carbocycles. The number of halogens is 5. The number of rotatable bonds is 9. The van der Waals surface area contributed by atoms with Crippen molar-refractivity contribution < 1.29 is 46.1 Å². The second-order valence-electron chi connectivity index (χ2n) is 11.7. The Morgan fingerprint density at radius 2 is 1.93 bits per heavy atom. The molecule has 15 heteroatoms. The van der Waals surface area contributed by atoms with Gasteiger partial charge in [-0.1, -0.05) is 6.92 Å². The third kappa shape index (κ3) is 5.03. The molecule has 2 aromatic heterocycles. The van der Waals surface area contributed by atoms with Gasteiger partial charge in [0, 0.05) is 16.7 Å². The van der Waals surface area contributed by atoms with E-state index in [1.807, 2.05) is 0 Å². The molecule has 0 spiro atoms. The Kier molecular flexibility index (Phi) is 7.51. The highest BCUT2D eigenvalue weighted by molar-refractivity contribution is 6.00. The average Bonchev–Trinajstić information content (AvgIpc) is 3.75. The van der Waals surface area contributed by atoms with Crippen LogP contribution in [0, 0.1) is 11.8 Å². The van der Waals surface area contributed by atoms with Crippen molar-refractivity contribution in [1.29, 1.82) is 0 Å². The zero-order chi connectivity index (χ0) is 33.2. The number of nitrogens with two attached hydrogens (primary N) is 1. The van der Waals surface area contributed by atoms with Crippen molar-refractivity contribution in [3.63, 3.8) is 0 Å². The van der Waals surface area contributed by atoms with Gasteiger partial charge in [0.05, 0.1) is 48.8 Å². The molecule has 2 aromatic carbocycles. The second-order valence-corrected chi connectivity index (χ2v) is 11.7. The molecule has 1 unspecified atom stereocenters. The van der Waals surface area contributed by atoms with Crippen molar-refractivity contribution in [2.45, 2.75) is 49.0 Å². The van der Waals surface area contributed by atoms with Crippen LogP contribution in [0.15, 0.2) is 42.5 Å². The maximum atomic E-state index is 15.1. The summed E-state index contributed by atoms with van der Waals surface area (Å²) >= 11 is 0. The van der Waals surface area contributed by atoms with Crippen LogP contribution in [0.1, 0.15) is 47.4 Å². The van der Waals surface area contributed by atoms with Crippen LogP contribution in [0.3, 0.4) is 0 Å².